The van der Waals surface area contributed by atoms with E-state index in [9.17, 15) is 24.3 Å². The minimum Gasteiger partial charge on any atom is -0.458 e. The maximum absolute atomic E-state index is 14.3. The molecule has 1 aliphatic rings. The summed E-state index contributed by atoms with van der Waals surface area (Å²) < 4.78 is 11.0. The lowest BCUT2D eigenvalue weighted by molar-refractivity contribution is -0.159. The molecule has 0 aromatic heterocycles. The van der Waals surface area contributed by atoms with Crippen molar-refractivity contribution in [3.63, 3.8) is 0 Å². The number of hydrogen-bond donors (Lipinski definition) is 3. The number of ether oxygens (including phenoxy) is 2. The molecular formula is C33H45N3O7. The van der Waals surface area contributed by atoms with Crippen molar-refractivity contribution in [1.82, 2.24) is 15.5 Å². The van der Waals surface area contributed by atoms with Crippen molar-refractivity contribution in [1.29, 1.82) is 0 Å². The van der Waals surface area contributed by atoms with Crippen molar-refractivity contribution in [2.24, 2.45) is 0 Å². The van der Waals surface area contributed by atoms with Crippen LogP contribution in [0, 0.1) is 6.92 Å². The molecule has 2 aromatic carbocycles. The lowest BCUT2D eigenvalue weighted by atomic mass is 9.97. The Hall–Kier alpha value is -3.92. The predicted molar refractivity (Wildman–Crippen MR) is 162 cm³/mol. The molecule has 0 saturated heterocycles. The topological polar surface area (TPSA) is 134 Å². The predicted octanol–water partition coefficient (Wildman–Crippen LogP) is 3.98. The van der Waals surface area contributed by atoms with Gasteiger partial charge in [-0.1, -0.05) is 54.6 Å². The Morgan fingerprint density at radius 3 is 1.98 bits per heavy atom. The molecule has 3 rings (SSSR count). The normalized spacial score (nSPS) is 15.4. The molecule has 0 spiro atoms. The number of benzene rings is 2. The summed E-state index contributed by atoms with van der Waals surface area (Å²) in [5, 5.41) is 15.5. The van der Waals surface area contributed by atoms with Gasteiger partial charge in [-0.25, -0.2) is 9.59 Å². The first-order valence-electron chi connectivity index (χ1n) is 14.6. The summed E-state index contributed by atoms with van der Waals surface area (Å²) >= 11 is 0. The van der Waals surface area contributed by atoms with Gasteiger partial charge in [-0.2, -0.15) is 0 Å². The third-order valence-corrected chi connectivity index (χ3v) is 6.67. The molecule has 3 N–H and O–H groups in total. The number of hydrogen-bond acceptors (Lipinski definition) is 7. The number of nitrogens with one attached hydrogen (secondary N) is 2. The molecule has 10 nitrogen and oxygen atoms in total. The summed E-state index contributed by atoms with van der Waals surface area (Å²) in [6, 6.07) is 12.6. The number of nitrogens with zero attached hydrogens (tertiary/aromatic N) is 1. The first kappa shape index (κ1) is 33.6. The van der Waals surface area contributed by atoms with Gasteiger partial charge in [0.05, 0.1) is 6.61 Å². The zero-order valence-corrected chi connectivity index (χ0v) is 26.2. The van der Waals surface area contributed by atoms with Crippen LogP contribution in [0.2, 0.25) is 0 Å². The largest absolute Gasteiger partial charge is 0.458 e. The average molecular weight is 596 g/mol. The quantitative estimate of drug-likeness (QED) is 0.335. The molecule has 3 unspecified atom stereocenters. The highest BCUT2D eigenvalue weighted by Gasteiger charge is 2.45. The van der Waals surface area contributed by atoms with E-state index in [0.29, 0.717) is 18.4 Å². The highest BCUT2D eigenvalue weighted by atomic mass is 16.6. The van der Waals surface area contributed by atoms with Crippen molar-refractivity contribution in [3.8, 4) is 0 Å². The van der Waals surface area contributed by atoms with E-state index in [1.54, 1.807) is 53.7 Å². The van der Waals surface area contributed by atoms with Crippen LogP contribution in [0.1, 0.15) is 77.1 Å². The Kier molecular flexibility index (Phi) is 11.0. The van der Waals surface area contributed by atoms with Gasteiger partial charge in [-0.05, 0) is 78.0 Å². The maximum Gasteiger partial charge on any atom is 0.408 e. The number of alkyl carbamates (subject to hydrolysis) is 1. The van der Waals surface area contributed by atoms with E-state index in [2.05, 4.69) is 10.6 Å². The number of rotatable bonds is 11. The second-order valence-corrected chi connectivity index (χ2v) is 12.9. The van der Waals surface area contributed by atoms with E-state index in [1.165, 1.54) is 4.90 Å². The number of aryl methyl sites for hydroxylation is 1. The first-order chi connectivity index (χ1) is 20.1. The van der Waals surface area contributed by atoms with Crippen molar-refractivity contribution < 1.29 is 33.8 Å². The number of amides is 3. The van der Waals surface area contributed by atoms with E-state index in [0.717, 1.165) is 11.1 Å². The zero-order valence-electron chi connectivity index (χ0n) is 26.2. The third-order valence-electron chi connectivity index (χ3n) is 6.67. The second-order valence-electron chi connectivity index (χ2n) is 12.9. The van der Waals surface area contributed by atoms with Gasteiger partial charge in [0, 0.05) is 12.5 Å². The first-order valence-corrected chi connectivity index (χ1v) is 14.6. The van der Waals surface area contributed by atoms with Crippen LogP contribution in [0.5, 0.6) is 0 Å². The van der Waals surface area contributed by atoms with Gasteiger partial charge in [0.2, 0.25) is 11.8 Å². The number of carbonyl (C=O) groups is 4. The SMILES string of the molecule is Cc1ccccc1C(C(=O)NC(Cc1ccccc1)C(=O)OC(C)(C)C)N(C(=O)C(CO)NC(=O)OC(C)(C)C)C1CC1. The highest BCUT2D eigenvalue weighted by Crippen LogP contribution is 2.36. The number of carbonyl (C=O) groups excluding carboxylic acids is 4. The fourth-order valence-electron chi connectivity index (χ4n) is 4.66. The standard InChI is InChI=1S/C33H45N3O7/c1-21-13-11-12-16-24(21)27(36(23-17-18-23)29(39)26(20-37)35-31(41)43-33(5,6)7)28(38)34-25(30(40)42-32(2,3)4)19-22-14-9-8-10-15-22/h8-16,23,25-27,37H,17-20H2,1-7H3,(H,34,38)(H,35,41). The van der Waals surface area contributed by atoms with Gasteiger partial charge >= 0.3 is 12.1 Å². The molecule has 10 heteroatoms. The molecule has 3 amide bonds. The summed E-state index contributed by atoms with van der Waals surface area (Å²) in [6.07, 6.45) is 0.607. The van der Waals surface area contributed by atoms with Gasteiger partial charge in [0.15, 0.2) is 0 Å². The molecule has 1 fully saturated rings. The summed E-state index contributed by atoms with van der Waals surface area (Å²) in [7, 11) is 0. The summed E-state index contributed by atoms with van der Waals surface area (Å²) in [6.45, 7) is 11.5. The Morgan fingerprint density at radius 2 is 1.44 bits per heavy atom. The lowest BCUT2D eigenvalue weighted by Crippen LogP contribution is -2.56. The second kappa shape index (κ2) is 14.0. The van der Waals surface area contributed by atoms with Crippen LogP contribution in [-0.2, 0) is 30.3 Å². The summed E-state index contributed by atoms with van der Waals surface area (Å²) in [4.78, 5) is 55.6. The summed E-state index contributed by atoms with van der Waals surface area (Å²) in [5.41, 5.74) is 0.547. The van der Waals surface area contributed by atoms with E-state index >= 15 is 0 Å². The molecule has 1 saturated carbocycles. The van der Waals surface area contributed by atoms with Crippen LogP contribution in [0.4, 0.5) is 4.79 Å². The Morgan fingerprint density at radius 1 is 0.860 bits per heavy atom. The number of aliphatic hydroxyl groups excluding tert-OH is 1. The Labute approximate surface area is 254 Å². The molecule has 0 aliphatic heterocycles. The smallest absolute Gasteiger partial charge is 0.408 e. The van der Waals surface area contributed by atoms with Crippen LogP contribution in [0.25, 0.3) is 0 Å². The van der Waals surface area contributed by atoms with Gasteiger partial charge < -0.3 is 30.1 Å². The lowest BCUT2D eigenvalue weighted by Gasteiger charge is -2.35. The molecule has 0 heterocycles. The van der Waals surface area contributed by atoms with E-state index in [4.69, 9.17) is 9.47 Å². The van der Waals surface area contributed by atoms with Crippen molar-refractivity contribution in [2.75, 3.05) is 6.61 Å². The van der Waals surface area contributed by atoms with Gasteiger partial charge in [0.25, 0.3) is 0 Å². The molecule has 3 atom stereocenters. The minimum absolute atomic E-state index is 0.179. The van der Waals surface area contributed by atoms with Crippen molar-refractivity contribution >= 4 is 23.9 Å². The fraction of sp³-hybridized carbons (Fsp3) is 0.515. The van der Waals surface area contributed by atoms with E-state index < -0.39 is 59.8 Å². The van der Waals surface area contributed by atoms with Crippen LogP contribution in [0.15, 0.2) is 54.6 Å². The third kappa shape index (κ3) is 10.1. The maximum atomic E-state index is 14.3. The molecule has 0 radical (unpaired) electrons. The zero-order chi connectivity index (χ0) is 31.9. The van der Waals surface area contributed by atoms with Gasteiger partial charge in [-0.15, -0.1) is 0 Å². The van der Waals surface area contributed by atoms with Gasteiger partial charge in [0.1, 0.15) is 29.3 Å². The van der Waals surface area contributed by atoms with Crippen LogP contribution in [0.3, 0.4) is 0 Å². The summed E-state index contributed by atoms with van der Waals surface area (Å²) in [5.74, 6) is -1.80. The minimum atomic E-state index is -1.35. The van der Waals surface area contributed by atoms with Crippen LogP contribution < -0.4 is 10.6 Å². The fourth-order valence-corrected chi connectivity index (χ4v) is 4.66. The molecule has 43 heavy (non-hydrogen) atoms. The molecule has 1 aliphatic carbocycles. The monoisotopic (exact) mass is 595 g/mol. The van der Waals surface area contributed by atoms with E-state index in [1.807, 2.05) is 49.4 Å². The van der Waals surface area contributed by atoms with Crippen LogP contribution in [-0.4, -0.2) is 69.8 Å². The number of aliphatic hydroxyl groups is 1. The molecule has 0 bridgehead atoms. The van der Waals surface area contributed by atoms with Crippen LogP contribution >= 0.6 is 0 Å². The average Bonchev–Trinajstić information content (AvgIpc) is 3.74. The van der Waals surface area contributed by atoms with Gasteiger partial charge in [-0.3, -0.25) is 9.59 Å². The Bertz CT molecular complexity index is 1280. The molecular weight excluding hydrogens is 550 g/mol. The molecule has 234 valence electrons. The van der Waals surface area contributed by atoms with E-state index in [-0.39, 0.29) is 12.5 Å². The molecule has 2 aromatic rings. The highest BCUT2D eigenvalue weighted by molar-refractivity contribution is 5.94. The number of esters is 1. The Balaban J connectivity index is 2.00. The van der Waals surface area contributed by atoms with Crippen molar-refractivity contribution in [3.05, 3.63) is 71.3 Å². The van der Waals surface area contributed by atoms with Crippen molar-refractivity contribution in [2.45, 2.75) is 103 Å².